The molecule has 1 aromatic carbocycles. The number of anilines is 1. The van der Waals surface area contributed by atoms with Gasteiger partial charge in [0, 0.05) is 0 Å². The van der Waals surface area contributed by atoms with Gasteiger partial charge in [0.05, 0.1) is 23.9 Å². The van der Waals surface area contributed by atoms with Gasteiger partial charge in [-0.3, -0.25) is 9.11 Å². The van der Waals surface area contributed by atoms with Crippen LogP contribution in [-0.2, 0) is 16.6 Å². The van der Waals surface area contributed by atoms with Crippen LogP contribution in [0.4, 0.5) is 27.6 Å². The summed E-state index contributed by atoms with van der Waals surface area (Å²) in [4.78, 5) is 12.0. The molecule has 2 rings (SSSR count). The fraction of sp³-hybridized carbons (Fsp3) is 0.364. The van der Waals surface area contributed by atoms with Crippen LogP contribution >= 0.6 is 11.6 Å². The van der Waals surface area contributed by atoms with Gasteiger partial charge < -0.3 is 0 Å². The van der Waals surface area contributed by atoms with E-state index in [1.165, 1.54) is 0 Å². The van der Waals surface area contributed by atoms with E-state index in [9.17, 15) is 35.2 Å². The van der Waals surface area contributed by atoms with Crippen molar-refractivity contribution < 1.29 is 30.4 Å². The first-order valence-electron chi connectivity index (χ1n) is 6.65. The minimum atomic E-state index is -5.83. The third-order valence-electron chi connectivity index (χ3n) is 2.96. The number of halogens is 6. The van der Waals surface area contributed by atoms with Crippen molar-refractivity contribution in [2.45, 2.75) is 18.5 Å². The Morgan fingerprint density at radius 1 is 1.23 bits per heavy atom. The molecule has 0 saturated carbocycles. The van der Waals surface area contributed by atoms with Crippen LogP contribution in [0.25, 0.3) is 5.69 Å². The molecule has 0 spiro atoms. The molecular formula is C11H9ClF5N5O3S. The van der Waals surface area contributed by atoms with Gasteiger partial charge in [0.25, 0.3) is 0 Å². The molecule has 0 bridgehead atoms. The minimum Gasteiger partial charge on any atom is -0.274 e. The van der Waals surface area contributed by atoms with E-state index >= 15 is 0 Å². The highest BCUT2D eigenvalue weighted by atomic mass is 35.5. The Hall–Kier alpha value is -2.22. The molecule has 0 amide bonds. The Morgan fingerprint density at radius 3 is 2.46 bits per heavy atom. The summed E-state index contributed by atoms with van der Waals surface area (Å²) in [6.07, 6.45) is -0.0711. The van der Waals surface area contributed by atoms with Crippen molar-refractivity contribution in [3.63, 3.8) is 0 Å². The highest BCUT2D eigenvalue weighted by Crippen LogP contribution is 2.31. The first-order valence-corrected chi connectivity index (χ1v) is 8.51. The topological polar surface area (TPSA) is 98.9 Å². The average molecular weight is 422 g/mol. The normalized spacial score (nSPS) is 12.4. The summed E-state index contributed by atoms with van der Waals surface area (Å²) in [5, 5.41) is 6.01. The van der Waals surface area contributed by atoms with E-state index in [2.05, 4.69) is 10.4 Å². The standard InChI is InChI=1S/C11H9ClF5N5O3S/c12-6-4-7(14)9(5-8(6)18-26(24,25)11(15,16)17)22-10(23)21(19-20-22)3-1-2-13/h4-5,18H,1-3H2. The zero-order valence-corrected chi connectivity index (χ0v) is 14.0. The molecule has 0 saturated heterocycles. The van der Waals surface area contributed by atoms with Gasteiger partial charge in [-0.25, -0.2) is 9.18 Å². The number of alkyl halides is 4. The summed E-state index contributed by atoms with van der Waals surface area (Å²) < 4.78 is 88.1. The van der Waals surface area contributed by atoms with E-state index in [0.29, 0.717) is 21.5 Å². The van der Waals surface area contributed by atoms with Crippen molar-refractivity contribution in [1.29, 1.82) is 0 Å². The number of rotatable bonds is 6. The molecule has 1 aromatic heterocycles. The molecular weight excluding hydrogens is 413 g/mol. The third-order valence-corrected chi connectivity index (χ3v) is 4.37. The Balaban J connectivity index is 2.50. The molecule has 1 heterocycles. The Kier molecular flexibility index (Phi) is 5.55. The highest BCUT2D eigenvalue weighted by Gasteiger charge is 2.46. The molecule has 26 heavy (non-hydrogen) atoms. The summed E-state index contributed by atoms with van der Waals surface area (Å²) in [6.45, 7) is -0.921. The molecule has 8 nitrogen and oxygen atoms in total. The van der Waals surface area contributed by atoms with Crippen LogP contribution < -0.4 is 10.4 Å². The Morgan fingerprint density at radius 2 is 1.88 bits per heavy atom. The summed E-state index contributed by atoms with van der Waals surface area (Å²) in [6, 6.07) is 1.05. The van der Waals surface area contributed by atoms with Gasteiger partial charge >= 0.3 is 21.2 Å². The molecule has 0 aliphatic carbocycles. The first-order chi connectivity index (χ1) is 12.0. The second kappa shape index (κ2) is 7.19. The maximum Gasteiger partial charge on any atom is 0.516 e. The van der Waals surface area contributed by atoms with Crippen LogP contribution in [0.15, 0.2) is 16.9 Å². The fourth-order valence-corrected chi connectivity index (χ4v) is 2.58. The lowest BCUT2D eigenvalue weighted by Gasteiger charge is -2.13. The fourth-order valence-electron chi connectivity index (χ4n) is 1.76. The number of aryl methyl sites for hydroxylation is 1. The van der Waals surface area contributed by atoms with E-state index in [1.54, 1.807) is 0 Å². The molecule has 0 radical (unpaired) electrons. The van der Waals surface area contributed by atoms with Gasteiger partial charge in [-0.2, -0.15) is 31.0 Å². The molecule has 15 heteroatoms. The van der Waals surface area contributed by atoms with Gasteiger partial charge in [-0.15, -0.1) is 0 Å². The third kappa shape index (κ3) is 3.95. The van der Waals surface area contributed by atoms with Crippen molar-refractivity contribution in [3.05, 3.63) is 33.5 Å². The van der Waals surface area contributed by atoms with Crippen molar-refractivity contribution in [3.8, 4) is 5.69 Å². The predicted octanol–water partition coefficient (Wildman–Crippen LogP) is 1.84. The predicted molar refractivity (Wildman–Crippen MR) is 79.8 cm³/mol. The smallest absolute Gasteiger partial charge is 0.274 e. The van der Waals surface area contributed by atoms with E-state index < -0.39 is 50.1 Å². The monoisotopic (exact) mass is 421 g/mol. The Bertz CT molecular complexity index is 972. The maximum absolute atomic E-state index is 14.0. The molecule has 0 atom stereocenters. The van der Waals surface area contributed by atoms with E-state index in [1.807, 2.05) is 0 Å². The molecule has 0 fully saturated rings. The second-order valence-corrected chi connectivity index (χ2v) is 6.85. The summed E-state index contributed by atoms with van der Waals surface area (Å²) in [5.74, 6) is -1.18. The lowest BCUT2D eigenvalue weighted by Crippen LogP contribution is -2.30. The number of sulfonamides is 1. The van der Waals surface area contributed by atoms with Crippen LogP contribution in [0.5, 0.6) is 0 Å². The Labute approximate surface area is 147 Å². The number of tetrazole rings is 1. The summed E-state index contributed by atoms with van der Waals surface area (Å²) in [5.41, 5.74) is -8.18. The van der Waals surface area contributed by atoms with Crippen LogP contribution in [0.2, 0.25) is 5.02 Å². The number of benzene rings is 1. The van der Waals surface area contributed by atoms with Crippen LogP contribution in [0, 0.1) is 5.82 Å². The van der Waals surface area contributed by atoms with E-state index in [4.69, 9.17) is 11.6 Å². The number of nitrogens with one attached hydrogen (secondary N) is 1. The van der Waals surface area contributed by atoms with Crippen LogP contribution in [0.3, 0.4) is 0 Å². The zero-order chi connectivity index (χ0) is 19.7. The van der Waals surface area contributed by atoms with Crippen LogP contribution in [0.1, 0.15) is 6.42 Å². The molecule has 2 aromatic rings. The molecule has 0 aliphatic heterocycles. The second-order valence-electron chi connectivity index (χ2n) is 4.77. The molecule has 1 N–H and O–H groups in total. The molecule has 144 valence electrons. The van der Waals surface area contributed by atoms with Gasteiger partial charge in [0.15, 0.2) is 5.82 Å². The first kappa shape index (κ1) is 20.1. The number of nitrogens with zero attached hydrogens (tertiary/aromatic N) is 4. The number of hydrogen-bond donors (Lipinski definition) is 1. The number of aromatic nitrogens is 4. The number of hydrogen-bond acceptors (Lipinski definition) is 5. The van der Waals surface area contributed by atoms with Crippen molar-refractivity contribution >= 4 is 27.3 Å². The minimum absolute atomic E-state index is 0.0711. The lowest BCUT2D eigenvalue weighted by atomic mass is 10.2. The van der Waals surface area contributed by atoms with Crippen molar-refractivity contribution in [2.24, 2.45) is 0 Å². The summed E-state index contributed by atoms with van der Waals surface area (Å²) >= 11 is 5.55. The average Bonchev–Trinajstić information content (AvgIpc) is 2.87. The molecule has 0 aliphatic rings. The van der Waals surface area contributed by atoms with Crippen LogP contribution in [-0.4, -0.2) is 40.4 Å². The van der Waals surface area contributed by atoms with Crippen molar-refractivity contribution in [1.82, 2.24) is 19.8 Å². The molecule has 0 unspecified atom stereocenters. The lowest BCUT2D eigenvalue weighted by molar-refractivity contribution is -0.0429. The van der Waals surface area contributed by atoms with Gasteiger partial charge in [-0.1, -0.05) is 11.6 Å². The van der Waals surface area contributed by atoms with Gasteiger partial charge in [0.1, 0.15) is 5.69 Å². The maximum atomic E-state index is 14.0. The quantitative estimate of drug-likeness (QED) is 0.718. The summed E-state index contributed by atoms with van der Waals surface area (Å²) in [7, 11) is -5.83. The largest absolute Gasteiger partial charge is 0.516 e. The van der Waals surface area contributed by atoms with Gasteiger partial charge in [-0.05, 0) is 29.0 Å². The van der Waals surface area contributed by atoms with E-state index in [0.717, 1.165) is 4.72 Å². The zero-order valence-electron chi connectivity index (χ0n) is 12.5. The van der Waals surface area contributed by atoms with E-state index in [-0.39, 0.29) is 13.0 Å². The van der Waals surface area contributed by atoms with Gasteiger partial charge in [0.2, 0.25) is 0 Å². The van der Waals surface area contributed by atoms with Crippen molar-refractivity contribution in [2.75, 3.05) is 11.4 Å². The SMILES string of the molecule is O=c1n(CCCF)nnn1-c1cc(NS(=O)(=O)C(F)(F)F)c(Cl)cc1F. The highest BCUT2D eigenvalue weighted by molar-refractivity contribution is 7.93.